The zero-order chi connectivity index (χ0) is 17.8. The molecule has 1 saturated carbocycles. The van der Waals surface area contributed by atoms with E-state index < -0.39 is 0 Å². The Labute approximate surface area is 154 Å². The number of rotatable bonds is 5. The first-order valence-corrected chi connectivity index (χ1v) is 8.84. The summed E-state index contributed by atoms with van der Waals surface area (Å²) in [5, 5.41) is 7.07. The minimum Gasteiger partial charge on any atom is -0.326 e. The topological polar surface area (TPSA) is 70.6 Å². The largest absolute Gasteiger partial charge is 0.326 e. The van der Waals surface area contributed by atoms with Crippen LogP contribution in [0.2, 0.25) is 0 Å². The van der Waals surface area contributed by atoms with Crippen molar-refractivity contribution in [1.29, 1.82) is 0 Å². The molecule has 0 aromatic heterocycles. The van der Waals surface area contributed by atoms with Crippen molar-refractivity contribution in [3.8, 4) is 0 Å². The van der Waals surface area contributed by atoms with Crippen molar-refractivity contribution in [2.24, 2.45) is 11.0 Å². The van der Waals surface area contributed by atoms with Crippen LogP contribution in [0.4, 0.5) is 5.69 Å². The van der Waals surface area contributed by atoms with E-state index in [0.29, 0.717) is 15.7 Å². The van der Waals surface area contributed by atoms with Gasteiger partial charge in [0.2, 0.25) is 5.91 Å². The van der Waals surface area contributed by atoms with Gasteiger partial charge in [0.1, 0.15) is 0 Å². The maximum Gasteiger partial charge on any atom is 0.272 e. The Morgan fingerprint density at radius 3 is 2.60 bits per heavy atom. The number of nitrogens with one attached hydrogen (secondary N) is 2. The van der Waals surface area contributed by atoms with Gasteiger partial charge >= 0.3 is 0 Å². The van der Waals surface area contributed by atoms with Crippen LogP contribution in [-0.2, 0) is 4.79 Å². The summed E-state index contributed by atoms with van der Waals surface area (Å²) in [7, 11) is 0. The molecule has 128 valence electrons. The summed E-state index contributed by atoms with van der Waals surface area (Å²) in [5.74, 6) is -0.0685. The first-order valence-electron chi connectivity index (χ1n) is 8.05. The molecule has 3 rings (SSSR count). The third-order valence-electron chi connectivity index (χ3n) is 3.94. The molecular formula is C19H18BrN3O2. The average Bonchev–Trinajstić information content (AvgIpc) is 3.45. The Hall–Kier alpha value is -2.47. The van der Waals surface area contributed by atoms with Gasteiger partial charge in [-0.15, -0.1) is 0 Å². The van der Waals surface area contributed by atoms with Gasteiger partial charge in [0.05, 0.1) is 11.3 Å². The smallest absolute Gasteiger partial charge is 0.272 e. The summed E-state index contributed by atoms with van der Waals surface area (Å²) >= 11 is 3.35. The molecule has 2 N–H and O–H groups in total. The van der Waals surface area contributed by atoms with E-state index in [2.05, 4.69) is 31.8 Å². The summed E-state index contributed by atoms with van der Waals surface area (Å²) in [6.45, 7) is 1.81. The minimum atomic E-state index is -0.287. The van der Waals surface area contributed by atoms with Crippen molar-refractivity contribution in [1.82, 2.24) is 5.43 Å². The number of carbonyl (C=O) groups excluding carboxylic acids is 2. The highest BCUT2D eigenvalue weighted by Crippen LogP contribution is 2.30. The summed E-state index contributed by atoms with van der Waals surface area (Å²) in [6, 6.07) is 14.6. The van der Waals surface area contributed by atoms with Gasteiger partial charge in [0.15, 0.2) is 0 Å². The van der Waals surface area contributed by atoms with Crippen LogP contribution in [0, 0.1) is 5.92 Å². The number of carbonyl (C=O) groups is 2. The Morgan fingerprint density at radius 2 is 1.88 bits per heavy atom. The van der Waals surface area contributed by atoms with Crippen LogP contribution in [0.3, 0.4) is 0 Å². The molecule has 2 amide bonds. The van der Waals surface area contributed by atoms with Gasteiger partial charge in [-0.3, -0.25) is 9.59 Å². The van der Waals surface area contributed by atoms with Gasteiger partial charge in [-0.25, -0.2) is 5.43 Å². The molecule has 6 heteroatoms. The van der Waals surface area contributed by atoms with Crippen LogP contribution in [0.1, 0.15) is 35.7 Å². The number of hydrogen-bond acceptors (Lipinski definition) is 3. The monoisotopic (exact) mass is 399 g/mol. The fourth-order valence-corrected chi connectivity index (χ4v) is 2.78. The summed E-state index contributed by atoms with van der Waals surface area (Å²) < 4.78 is 0.713. The van der Waals surface area contributed by atoms with Crippen LogP contribution in [0.15, 0.2) is 58.1 Å². The number of hydrogen-bond donors (Lipinski definition) is 2. The summed E-state index contributed by atoms with van der Waals surface area (Å²) in [4.78, 5) is 24.0. The second kappa shape index (κ2) is 7.61. The molecule has 0 radical (unpaired) electrons. The predicted octanol–water partition coefficient (Wildman–Crippen LogP) is 3.95. The molecule has 0 bridgehead atoms. The Balaban J connectivity index is 1.68. The molecule has 5 nitrogen and oxygen atoms in total. The second-order valence-corrected chi connectivity index (χ2v) is 6.82. The molecule has 0 aliphatic heterocycles. The fraction of sp³-hybridized carbons (Fsp3) is 0.211. The molecule has 2 aromatic carbocycles. The fourth-order valence-electron chi connectivity index (χ4n) is 2.32. The average molecular weight is 400 g/mol. The maximum atomic E-state index is 12.2. The van der Waals surface area contributed by atoms with Crippen LogP contribution < -0.4 is 10.7 Å². The maximum absolute atomic E-state index is 12.2. The van der Waals surface area contributed by atoms with E-state index >= 15 is 0 Å². The molecule has 1 aliphatic rings. The lowest BCUT2D eigenvalue weighted by atomic mass is 10.1. The standard InChI is InChI=1S/C19H18BrN3O2/c1-12(22-23-19(25)16-7-2-3-8-17(16)20)14-5-4-6-15(11-14)21-18(24)13-9-10-13/h2-8,11,13H,9-10H2,1H3,(H,21,24)(H,23,25)/b22-12-. The lowest BCUT2D eigenvalue weighted by molar-refractivity contribution is -0.117. The quantitative estimate of drug-likeness (QED) is 0.590. The van der Waals surface area contributed by atoms with Crippen molar-refractivity contribution in [3.63, 3.8) is 0 Å². The Kier molecular flexibility index (Phi) is 5.28. The van der Waals surface area contributed by atoms with Crippen molar-refractivity contribution in [2.45, 2.75) is 19.8 Å². The highest BCUT2D eigenvalue weighted by atomic mass is 79.9. The van der Waals surface area contributed by atoms with Crippen LogP contribution in [0.5, 0.6) is 0 Å². The number of amides is 2. The first-order chi connectivity index (χ1) is 12.0. The summed E-state index contributed by atoms with van der Waals surface area (Å²) in [5.41, 5.74) is 5.30. The molecule has 0 saturated heterocycles. The third-order valence-corrected chi connectivity index (χ3v) is 4.63. The zero-order valence-corrected chi connectivity index (χ0v) is 15.3. The van der Waals surface area contributed by atoms with E-state index in [1.54, 1.807) is 18.2 Å². The predicted molar refractivity (Wildman–Crippen MR) is 102 cm³/mol. The Morgan fingerprint density at radius 1 is 1.12 bits per heavy atom. The molecule has 2 aromatic rings. The molecule has 0 spiro atoms. The lowest BCUT2D eigenvalue weighted by Gasteiger charge is -2.08. The SMILES string of the molecule is C/C(=N/NC(=O)c1ccccc1Br)c1cccc(NC(=O)C2CC2)c1. The molecule has 25 heavy (non-hydrogen) atoms. The van der Waals surface area contributed by atoms with Crippen molar-refractivity contribution in [3.05, 3.63) is 64.1 Å². The van der Waals surface area contributed by atoms with Crippen molar-refractivity contribution in [2.75, 3.05) is 5.32 Å². The van der Waals surface area contributed by atoms with Crippen LogP contribution >= 0.6 is 15.9 Å². The first kappa shape index (κ1) is 17.4. The number of halogens is 1. The van der Waals surface area contributed by atoms with Gasteiger partial charge in [-0.1, -0.05) is 24.3 Å². The van der Waals surface area contributed by atoms with Gasteiger partial charge in [0, 0.05) is 16.1 Å². The van der Waals surface area contributed by atoms with E-state index in [1.807, 2.05) is 37.3 Å². The van der Waals surface area contributed by atoms with E-state index in [0.717, 1.165) is 24.1 Å². The van der Waals surface area contributed by atoms with E-state index in [-0.39, 0.29) is 17.7 Å². The highest BCUT2D eigenvalue weighted by Gasteiger charge is 2.29. The molecular weight excluding hydrogens is 382 g/mol. The lowest BCUT2D eigenvalue weighted by Crippen LogP contribution is -2.20. The number of anilines is 1. The normalized spacial score (nSPS) is 14.1. The van der Waals surface area contributed by atoms with Gasteiger partial charge in [-0.2, -0.15) is 5.10 Å². The van der Waals surface area contributed by atoms with Gasteiger partial charge in [0.25, 0.3) is 5.91 Å². The number of hydrazone groups is 1. The third kappa shape index (κ3) is 4.54. The van der Waals surface area contributed by atoms with E-state index in [4.69, 9.17) is 0 Å². The highest BCUT2D eigenvalue weighted by molar-refractivity contribution is 9.10. The minimum absolute atomic E-state index is 0.0639. The number of nitrogens with zero attached hydrogens (tertiary/aromatic N) is 1. The van der Waals surface area contributed by atoms with Crippen LogP contribution in [0.25, 0.3) is 0 Å². The van der Waals surface area contributed by atoms with E-state index in [1.165, 1.54) is 0 Å². The molecule has 0 atom stereocenters. The van der Waals surface area contributed by atoms with E-state index in [9.17, 15) is 9.59 Å². The van der Waals surface area contributed by atoms with Gasteiger partial charge in [-0.05, 0) is 65.5 Å². The molecule has 0 heterocycles. The molecule has 0 unspecified atom stereocenters. The van der Waals surface area contributed by atoms with Crippen molar-refractivity contribution >= 4 is 39.1 Å². The summed E-state index contributed by atoms with van der Waals surface area (Å²) in [6.07, 6.45) is 1.93. The molecule has 1 aliphatic carbocycles. The number of benzene rings is 2. The zero-order valence-electron chi connectivity index (χ0n) is 13.8. The van der Waals surface area contributed by atoms with Crippen molar-refractivity contribution < 1.29 is 9.59 Å². The van der Waals surface area contributed by atoms with Crippen LogP contribution in [-0.4, -0.2) is 17.5 Å². The molecule has 1 fully saturated rings. The second-order valence-electron chi connectivity index (χ2n) is 5.96. The Bertz CT molecular complexity index is 844. The van der Waals surface area contributed by atoms with Gasteiger partial charge < -0.3 is 5.32 Å².